The molecule has 2 amide bonds. The number of carbonyl (C=O) groups excluding carboxylic acids is 2. The van der Waals surface area contributed by atoms with Gasteiger partial charge in [0, 0.05) is 30.3 Å². The Morgan fingerprint density at radius 2 is 1.67 bits per heavy atom. The van der Waals surface area contributed by atoms with E-state index in [4.69, 9.17) is 9.47 Å². The molecule has 1 spiro atoms. The van der Waals surface area contributed by atoms with Crippen molar-refractivity contribution in [1.29, 1.82) is 0 Å². The quantitative estimate of drug-likeness (QED) is 0.698. The maximum Gasteiger partial charge on any atom is 0.251 e. The van der Waals surface area contributed by atoms with Crippen molar-refractivity contribution < 1.29 is 19.1 Å². The number of carbonyl (C=O) groups is 2. The van der Waals surface area contributed by atoms with Gasteiger partial charge >= 0.3 is 0 Å². The van der Waals surface area contributed by atoms with Gasteiger partial charge in [-0.25, -0.2) is 0 Å². The van der Waals surface area contributed by atoms with Crippen LogP contribution in [-0.2, 0) is 9.59 Å². The number of aryl methyl sites for hydroxylation is 1. The first-order valence-corrected chi connectivity index (χ1v) is 11.3. The topological polar surface area (TPSA) is 76.7 Å². The number of ether oxygens (including phenoxy) is 2. The summed E-state index contributed by atoms with van der Waals surface area (Å²) in [4.78, 5) is 24.7. The molecule has 30 heavy (non-hydrogen) atoms. The van der Waals surface area contributed by atoms with Gasteiger partial charge in [-0.1, -0.05) is 17.7 Å². The van der Waals surface area contributed by atoms with Gasteiger partial charge in [-0.15, -0.1) is 11.8 Å². The summed E-state index contributed by atoms with van der Waals surface area (Å²) >= 11 is 1.29. The lowest BCUT2D eigenvalue weighted by molar-refractivity contribution is -0.115. The molecule has 1 aliphatic carbocycles. The van der Waals surface area contributed by atoms with Gasteiger partial charge in [0.2, 0.25) is 11.8 Å². The molecule has 1 atom stereocenters. The molecule has 2 aromatic rings. The number of hydrogen-bond donors (Lipinski definition) is 2. The number of fused-ring (bicyclic) bond motifs is 1. The molecule has 1 fully saturated rings. The number of anilines is 2. The molecule has 1 aliphatic heterocycles. The van der Waals surface area contributed by atoms with E-state index in [1.54, 1.807) is 6.92 Å². The predicted molar refractivity (Wildman–Crippen MR) is 119 cm³/mol. The summed E-state index contributed by atoms with van der Waals surface area (Å²) in [5, 5.41) is 5.37. The second kappa shape index (κ2) is 8.60. The summed E-state index contributed by atoms with van der Waals surface area (Å²) in [6.07, 6.45) is 3.98. The average Bonchev–Trinajstić information content (AvgIpc) is 3.33. The Hall–Kier alpha value is -2.67. The molecule has 1 unspecified atom stereocenters. The Balaban J connectivity index is 1.27. The molecule has 2 aliphatic rings. The van der Waals surface area contributed by atoms with Crippen molar-refractivity contribution in [3.05, 3.63) is 48.0 Å². The van der Waals surface area contributed by atoms with E-state index in [0.29, 0.717) is 11.4 Å². The SMILES string of the molecule is Cc1ccc(NC(=O)CSC(C)C(=O)Nc2ccc3c(c2)OC2(CCCC2)O3)cc1. The highest BCUT2D eigenvalue weighted by atomic mass is 32.2. The average molecular weight is 427 g/mol. The number of rotatable bonds is 6. The molecular weight excluding hydrogens is 400 g/mol. The zero-order valence-electron chi connectivity index (χ0n) is 17.2. The van der Waals surface area contributed by atoms with E-state index in [-0.39, 0.29) is 22.8 Å². The van der Waals surface area contributed by atoms with Gasteiger partial charge in [0.05, 0.1) is 11.0 Å². The van der Waals surface area contributed by atoms with Crippen LogP contribution in [-0.4, -0.2) is 28.6 Å². The first-order chi connectivity index (χ1) is 14.4. The summed E-state index contributed by atoms with van der Waals surface area (Å²) in [5.74, 6) is 0.800. The molecule has 0 bridgehead atoms. The van der Waals surface area contributed by atoms with Crippen molar-refractivity contribution in [3.63, 3.8) is 0 Å². The lowest BCUT2D eigenvalue weighted by Crippen LogP contribution is -2.34. The van der Waals surface area contributed by atoms with Gasteiger partial charge in [0.1, 0.15) is 0 Å². The number of nitrogens with one attached hydrogen (secondary N) is 2. The van der Waals surface area contributed by atoms with Crippen LogP contribution in [0.2, 0.25) is 0 Å². The molecule has 1 heterocycles. The van der Waals surface area contributed by atoms with Crippen molar-refractivity contribution >= 4 is 35.0 Å². The first kappa shape index (κ1) is 20.6. The van der Waals surface area contributed by atoms with Crippen LogP contribution in [0.15, 0.2) is 42.5 Å². The summed E-state index contributed by atoms with van der Waals surface area (Å²) < 4.78 is 12.0. The largest absolute Gasteiger partial charge is 0.448 e. The second-order valence-corrected chi connectivity index (χ2v) is 9.17. The number of amides is 2. The molecule has 1 saturated carbocycles. The fourth-order valence-electron chi connectivity index (χ4n) is 3.64. The third-order valence-electron chi connectivity index (χ3n) is 5.34. The molecule has 4 rings (SSSR count). The van der Waals surface area contributed by atoms with Gasteiger partial charge in [-0.05, 0) is 51.0 Å². The predicted octanol–water partition coefficient (Wildman–Crippen LogP) is 4.74. The summed E-state index contributed by atoms with van der Waals surface area (Å²) in [6, 6.07) is 13.1. The van der Waals surface area contributed by atoms with Gasteiger partial charge in [-0.2, -0.15) is 0 Å². The summed E-state index contributed by atoms with van der Waals surface area (Å²) in [7, 11) is 0. The third kappa shape index (κ3) is 4.73. The lowest BCUT2D eigenvalue weighted by atomic mass is 10.2. The van der Waals surface area contributed by atoms with Crippen LogP contribution in [0.5, 0.6) is 11.5 Å². The maximum atomic E-state index is 12.5. The number of benzene rings is 2. The van der Waals surface area contributed by atoms with Crippen LogP contribution in [0.3, 0.4) is 0 Å². The van der Waals surface area contributed by atoms with E-state index >= 15 is 0 Å². The van der Waals surface area contributed by atoms with Crippen LogP contribution >= 0.6 is 11.8 Å². The smallest absolute Gasteiger partial charge is 0.251 e. The van der Waals surface area contributed by atoms with Crippen molar-refractivity contribution in [2.75, 3.05) is 16.4 Å². The highest BCUT2D eigenvalue weighted by molar-refractivity contribution is 8.01. The van der Waals surface area contributed by atoms with Crippen molar-refractivity contribution in [3.8, 4) is 11.5 Å². The minimum absolute atomic E-state index is 0.131. The maximum absolute atomic E-state index is 12.5. The molecular formula is C23H26N2O4S. The normalized spacial score (nSPS) is 17.0. The summed E-state index contributed by atoms with van der Waals surface area (Å²) in [5.41, 5.74) is 2.55. The standard InChI is InChI=1S/C23H26N2O4S/c1-15-5-7-17(8-6-15)24-21(26)14-30-16(2)22(27)25-18-9-10-19-20(13-18)29-23(28-19)11-3-4-12-23/h5-10,13,16H,3-4,11-12,14H2,1-2H3,(H,24,26)(H,25,27). The molecule has 0 radical (unpaired) electrons. The van der Waals surface area contributed by atoms with Crippen LogP contribution in [0, 0.1) is 6.92 Å². The van der Waals surface area contributed by atoms with Gasteiger partial charge in [0.25, 0.3) is 5.79 Å². The van der Waals surface area contributed by atoms with E-state index in [2.05, 4.69) is 10.6 Å². The molecule has 0 saturated heterocycles. The van der Waals surface area contributed by atoms with E-state index in [1.165, 1.54) is 11.8 Å². The Morgan fingerprint density at radius 1 is 1.00 bits per heavy atom. The molecule has 2 N–H and O–H groups in total. The molecule has 2 aromatic carbocycles. The van der Waals surface area contributed by atoms with Crippen molar-refractivity contribution in [2.24, 2.45) is 0 Å². The lowest BCUT2D eigenvalue weighted by Gasteiger charge is -2.21. The highest BCUT2D eigenvalue weighted by Crippen LogP contribution is 2.47. The van der Waals surface area contributed by atoms with Crippen molar-refractivity contribution in [2.45, 2.75) is 50.6 Å². The first-order valence-electron chi connectivity index (χ1n) is 10.2. The van der Waals surface area contributed by atoms with Gasteiger partial charge < -0.3 is 20.1 Å². The van der Waals surface area contributed by atoms with Crippen molar-refractivity contribution in [1.82, 2.24) is 0 Å². The zero-order valence-corrected chi connectivity index (χ0v) is 18.0. The van der Waals surface area contributed by atoms with Gasteiger partial charge in [0.15, 0.2) is 11.5 Å². The molecule has 0 aromatic heterocycles. The van der Waals surface area contributed by atoms with E-state index < -0.39 is 5.79 Å². The molecule has 6 nitrogen and oxygen atoms in total. The van der Waals surface area contributed by atoms with E-state index in [9.17, 15) is 9.59 Å². The van der Waals surface area contributed by atoms with E-state index in [0.717, 1.165) is 42.7 Å². The Morgan fingerprint density at radius 3 is 2.40 bits per heavy atom. The monoisotopic (exact) mass is 426 g/mol. The fourth-order valence-corrected chi connectivity index (χ4v) is 4.33. The molecule has 7 heteroatoms. The fraction of sp³-hybridized carbons (Fsp3) is 0.391. The Bertz CT molecular complexity index is 939. The summed E-state index contributed by atoms with van der Waals surface area (Å²) in [6.45, 7) is 3.79. The Kier molecular flexibility index (Phi) is 5.90. The van der Waals surface area contributed by atoms with Crippen LogP contribution in [0.4, 0.5) is 11.4 Å². The number of hydrogen-bond acceptors (Lipinski definition) is 5. The third-order valence-corrected chi connectivity index (χ3v) is 6.48. The van der Waals surface area contributed by atoms with Crippen LogP contribution in [0.1, 0.15) is 38.2 Å². The minimum atomic E-state index is -0.515. The molecule has 158 valence electrons. The zero-order chi connectivity index (χ0) is 21.1. The number of thioether (sulfide) groups is 1. The van der Waals surface area contributed by atoms with Gasteiger partial charge in [-0.3, -0.25) is 9.59 Å². The van der Waals surface area contributed by atoms with Crippen LogP contribution in [0.25, 0.3) is 0 Å². The van der Waals surface area contributed by atoms with E-state index in [1.807, 2.05) is 49.4 Å². The highest BCUT2D eigenvalue weighted by Gasteiger charge is 2.44. The minimum Gasteiger partial charge on any atom is -0.448 e. The van der Waals surface area contributed by atoms with Crippen LogP contribution < -0.4 is 20.1 Å². The second-order valence-electron chi connectivity index (χ2n) is 7.84. The Labute approximate surface area is 180 Å².